The second-order valence-corrected chi connectivity index (χ2v) is 6.95. The molecule has 0 saturated heterocycles. The van der Waals surface area contributed by atoms with Crippen LogP contribution in [0.25, 0.3) is 0 Å². The van der Waals surface area contributed by atoms with Gasteiger partial charge in [0.05, 0.1) is 18.2 Å². The third-order valence-corrected chi connectivity index (χ3v) is 3.77. The lowest BCUT2D eigenvalue weighted by molar-refractivity contribution is 0.0909. The zero-order valence-electron chi connectivity index (χ0n) is 13.8. The topological polar surface area (TPSA) is 67.2 Å². The predicted molar refractivity (Wildman–Crippen MR) is 90.7 cm³/mol. The highest BCUT2D eigenvalue weighted by molar-refractivity contribution is 6.30. The van der Waals surface area contributed by atoms with E-state index in [2.05, 4.69) is 10.4 Å². The maximum absolute atomic E-state index is 12.4. The Labute approximate surface area is 141 Å². The van der Waals surface area contributed by atoms with E-state index in [0.717, 1.165) is 11.3 Å². The summed E-state index contributed by atoms with van der Waals surface area (Å²) in [6.45, 7) is 7.79. The van der Waals surface area contributed by atoms with E-state index in [1.54, 1.807) is 30.3 Å². The Kier molecular flexibility index (Phi) is 5.12. The molecule has 1 atom stereocenters. The number of aryl methyl sites for hydroxylation is 1. The van der Waals surface area contributed by atoms with Crippen molar-refractivity contribution in [2.24, 2.45) is 0 Å². The number of halogens is 1. The number of aliphatic hydroxyl groups excluding tert-OH is 1. The van der Waals surface area contributed by atoms with E-state index in [1.165, 1.54) is 0 Å². The van der Waals surface area contributed by atoms with Gasteiger partial charge in [-0.2, -0.15) is 5.10 Å². The first kappa shape index (κ1) is 17.5. The molecule has 0 fully saturated rings. The summed E-state index contributed by atoms with van der Waals surface area (Å²) in [4.78, 5) is 12.4. The number of carbonyl (C=O) groups is 1. The largest absolute Gasteiger partial charge is 0.394 e. The summed E-state index contributed by atoms with van der Waals surface area (Å²) in [5.41, 5.74) is 1.84. The van der Waals surface area contributed by atoms with E-state index < -0.39 is 6.04 Å². The van der Waals surface area contributed by atoms with Gasteiger partial charge in [-0.1, -0.05) is 23.7 Å². The van der Waals surface area contributed by atoms with Crippen LogP contribution in [0.5, 0.6) is 0 Å². The average molecular weight is 336 g/mol. The first-order valence-corrected chi connectivity index (χ1v) is 7.84. The van der Waals surface area contributed by atoms with Gasteiger partial charge >= 0.3 is 0 Å². The molecule has 2 rings (SSSR count). The number of aromatic nitrogens is 2. The van der Waals surface area contributed by atoms with Crippen LogP contribution in [0.3, 0.4) is 0 Å². The lowest BCUT2D eigenvalue weighted by atomic mass is 10.1. The Morgan fingerprint density at radius 2 is 1.96 bits per heavy atom. The zero-order chi connectivity index (χ0) is 17.2. The number of hydrogen-bond acceptors (Lipinski definition) is 3. The molecule has 1 amide bonds. The van der Waals surface area contributed by atoms with Gasteiger partial charge in [-0.25, -0.2) is 0 Å². The van der Waals surface area contributed by atoms with Crippen LogP contribution in [-0.4, -0.2) is 27.4 Å². The molecule has 2 N–H and O–H groups in total. The highest BCUT2D eigenvalue weighted by Gasteiger charge is 2.22. The number of rotatable bonds is 4. The fourth-order valence-corrected chi connectivity index (χ4v) is 2.55. The van der Waals surface area contributed by atoms with Gasteiger partial charge in [0.1, 0.15) is 5.69 Å². The van der Waals surface area contributed by atoms with E-state index in [4.69, 9.17) is 11.6 Å². The molecular weight excluding hydrogens is 314 g/mol. The number of hydrogen-bond donors (Lipinski definition) is 2. The molecule has 1 aromatic carbocycles. The van der Waals surface area contributed by atoms with Crippen LogP contribution in [-0.2, 0) is 5.54 Å². The van der Waals surface area contributed by atoms with Gasteiger partial charge in [-0.15, -0.1) is 0 Å². The van der Waals surface area contributed by atoms with E-state index >= 15 is 0 Å². The maximum Gasteiger partial charge on any atom is 0.272 e. The van der Waals surface area contributed by atoms with Crippen LogP contribution < -0.4 is 5.32 Å². The molecule has 23 heavy (non-hydrogen) atoms. The molecule has 1 heterocycles. The monoisotopic (exact) mass is 335 g/mol. The maximum atomic E-state index is 12.4. The fourth-order valence-electron chi connectivity index (χ4n) is 2.43. The summed E-state index contributed by atoms with van der Waals surface area (Å²) in [5.74, 6) is -0.315. The third-order valence-electron chi connectivity index (χ3n) is 3.52. The van der Waals surface area contributed by atoms with E-state index in [9.17, 15) is 9.90 Å². The molecule has 0 aliphatic rings. The number of nitrogens with one attached hydrogen (secondary N) is 1. The van der Waals surface area contributed by atoms with Crippen LogP contribution in [0.4, 0.5) is 0 Å². The standard InChI is InChI=1S/C17H22ClN3O2/c1-11-9-14(20-21(11)17(2,3)4)16(23)19-15(10-22)12-5-7-13(18)8-6-12/h5-9,15,22H,10H2,1-4H3,(H,19,23). The van der Waals surface area contributed by atoms with Crippen LogP contribution in [0.2, 0.25) is 5.02 Å². The van der Waals surface area contributed by atoms with E-state index in [1.807, 2.05) is 32.4 Å². The highest BCUT2D eigenvalue weighted by Crippen LogP contribution is 2.19. The average Bonchev–Trinajstić information content (AvgIpc) is 2.88. The van der Waals surface area contributed by atoms with Crippen LogP contribution in [0.1, 0.15) is 48.6 Å². The summed E-state index contributed by atoms with van der Waals surface area (Å²) in [7, 11) is 0. The molecule has 1 unspecified atom stereocenters. The first-order chi connectivity index (χ1) is 10.7. The molecule has 0 bridgehead atoms. The first-order valence-electron chi connectivity index (χ1n) is 7.46. The van der Waals surface area contributed by atoms with Crippen LogP contribution >= 0.6 is 11.6 Å². The molecule has 2 aromatic rings. The van der Waals surface area contributed by atoms with Gasteiger partial charge < -0.3 is 10.4 Å². The smallest absolute Gasteiger partial charge is 0.272 e. The number of carbonyl (C=O) groups excluding carboxylic acids is 1. The molecule has 124 valence electrons. The van der Waals surface area contributed by atoms with Crippen molar-refractivity contribution < 1.29 is 9.90 Å². The highest BCUT2D eigenvalue weighted by atomic mass is 35.5. The summed E-state index contributed by atoms with van der Waals surface area (Å²) < 4.78 is 1.82. The fraction of sp³-hybridized carbons (Fsp3) is 0.412. The zero-order valence-corrected chi connectivity index (χ0v) is 14.6. The minimum absolute atomic E-state index is 0.199. The Balaban J connectivity index is 2.19. The lowest BCUT2D eigenvalue weighted by Crippen LogP contribution is -2.31. The molecule has 0 aliphatic carbocycles. The molecular formula is C17H22ClN3O2. The number of nitrogens with zero attached hydrogens (tertiary/aromatic N) is 2. The number of aliphatic hydroxyl groups is 1. The quantitative estimate of drug-likeness (QED) is 0.902. The third kappa shape index (κ3) is 4.12. The molecule has 6 heteroatoms. The second kappa shape index (κ2) is 6.72. The van der Waals surface area contributed by atoms with Crippen molar-refractivity contribution in [1.82, 2.24) is 15.1 Å². The molecule has 0 aliphatic heterocycles. The molecule has 0 spiro atoms. The summed E-state index contributed by atoms with van der Waals surface area (Å²) in [6, 6.07) is 8.26. The van der Waals surface area contributed by atoms with Gasteiger partial charge in [-0.05, 0) is 51.5 Å². The molecule has 5 nitrogen and oxygen atoms in total. The van der Waals surface area contributed by atoms with Crippen molar-refractivity contribution in [2.75, 3.05) is 6.61 Å². The normalized spacial score (nSPS) is 13.0. The van der Waals surface area contributed by atoms with Gasteiger partial charge in [0.25, 0.3) is 5.91 Å². The van der Waals surface area contributed by atoms with Gasteiger partial charge in [0.15, 0.2) is 0 Å². The van der Waals surface area contributed by atoms with Crippen molar-refractivity contribution in [2.45, 2.75) is 39.3 Å². The van der Waals surface area contributed by atoms with Gasteiger partial charge in [-0.3, -0.25) is 9.48 Å². The van der Waals surface area contributed by atoms with Crippen LogP contribution in [0.15, 0.2) is 30.3 Å². The SMILES string of the molecule is Cc1cc(C(=O)NC(CO)c2ccc(Cl)cc2)nn1C(C)(C)C. The summed E-state index contributed by atoms with van der Waals surface area (Å²) in [6.07, 6.45) is 0. The Morgan fingerprint density at radius 3 is 2.43 bits per heavy atom. The van der Waals surface area contributed by atoms with Gasteiger partial charge in [0.2, 0.25) is 0 Å². The number of benzene rings is 1. The minimum atomic E-state index is -0.500. The van der Waals surface area contributed by atoms with Crippen molar-refractivity contribution in [3.05, 3.63) is 52.3 Å². The Morgan fingerprint density at radius 1 is 1.35 bits per heavy atom. The predicted octanol–water partition coefficient (Wildman–Crippen LogP) is 3.06. The minimum Gasteiger partial charge on any atom is -0.394 e. The van der Waals surface area contributed by atoms with Crippen molar-refractivity contribution in [1.29, 1.82) is 0 Å². The lowest BCUT2D eigenvalue weighted by Gasteiger charge is -2.21. The summed E-state index contributed by atoms with van der Waals surface area (Å²) in [5, 5.41) is 17.3. The number of amides is 1. The Bertz CT molecular complexity index is 687. The van der Waals surface area contributed by atoms with Gasteiger partial charge in [0, 0.05) is 10.7 Å². The van der Waals surface area contributed by atoms with E-state index in [0.29, 0.717) is 10.7 Å². The molecule has 0 radical (unpaired) electrons. The van der Waals surface area contributed by atoms with Crippen molar-refractivity contribution in [3.63, 3.8) is 0 Å². The van der Waals surface area contributed by atoms with E-state index in [-0.39, 0.29) is 18.1 Å². The second-order valence-electron chi connectivity index (χ2n) is 6.51. The Hall–Kier alpha value is -1.85. The van der Waals surface area contributed by atoms with Crippen molar-refractivity contribution in [3.8, 4) is 0 Å². The molecule has 1 aromatic heterocycles. The summed E-state index contributed by atoms with van der Waals surface area (Å²) >= 11 is 5.86. The van der Waals surface area contributed by atoms with Crippen molar-refractivity contribution >= 4 is 17.5 Å². The molecule has 0 saturated carbocycles. The van der Waals surface area contributed by atoms with Crippen LogP contribution in [0, 0.1) is 6.92 Å².